The van der Waals surface area contributed by atoms with Gasteiger partial charge in [-0.2, -0.15) is 0 Å². The van der Waals surface area contributed by atoms with Crippen LogP contribution in [-0.4, -0.2) is 66.2 Å². The van der Waals surface area contributed by atoms with Crippen molar-refractivity contribution in [3.8, 4) is 0 Å². The molecule has 0 heterocycles. The summed E-state index contributed by atoms with van der Waals surface area (Å²) < 4.78 is 28.8. The van der Waals surface area contributed by atoms with Crippen molar-refractivity contribution in [1.29, 1.82) is 0 Å². The average Bonchev–Trinajstić information content (AvgIpc) is 2.47. The molecule has 0 amide bonds. The normalized spacial score (nSPS) is 10.7. The number of rotatable bonds is 10. The molecule has 0 aliphatic rings. The van der Waals surface area contributed by atoms with Crippen molar-refractivity contribution in [1.82, 2.24) is 0 Å². The van der Waals surface area contributed by atoms with Gasteiger partial charge in [0.1, 0.15) is 18.8 Å². The van der Waals surface area contributed by atoms with E-state index in [9.17, 15) is 9.59 Å². The van der Waals surface area contributed by atoms with Crippen molar-refractivity contribution >= 4 is 11.9 Å². The standard InChI is InChI=1S/C12H20O8/c1-8(11(13)19-6-9(15-2)16-3)12(14)20-7-10(17-4)18-5/h9-10H,1,6-7H2,2-5H3. The van der Waals surface area contributed by atoms with Gasteiger partial charge in [0.05, 0.1) is 0 Å². The second-order valence-corrected chi connectivity index (χ2v) is 3.48. The summed E-state index contributed by atoms with van der Waals surface area (Å²) in [6, 6.07) is 0. The molecule has 0 saturated heterocycles. The van der Waals surface area contributed by atoms with Crippen LogP contribution in [0.2, 0.25) is 0 Å². The van der Waals surface area contributed by atoms with Crippen molar-refractivity contribution in [2.75, 3.05) is 41.7 Å². The highest BCUT2D eigenvalue weighted by Crippen LogP contribution is 2.02. The molecule has 116 valence electrons. The van der Waals surface area contributed by atoms with E-state index in [1.165, 1.54) is 28.4 Å². The third-order valence-electron chi connectivity index (χ3n) is 2.25. The Morgan fingerprint density at radius 3 is 1.35 bits per heavy atom. The van der Waals surface area contributed by atoms with Crippen molar-refractivity contribution in [3.63, 3.8) is 0 Å². The Hall–Kier alpha value is -1.48. The maximum absolute atomic E-state index is 11.5. The van der Waals surface area contributed by atoms with Gasteiger partial charge in [-0.25, -0.2) is 9.59 Å². The van der Waals surface area contributed by atoms with Crippen molar-refractivity contribution in [2.45, 2.75) is 12.6 Å². The molecule has 0 rings (SSSR count). The molecule has 0 aliphatic heterocycles. The Balaban J connectivity index is 4.16. The van der Waals surface area contributed by atoms with Gasteiger partial charge in [0.15, 0.2) is 12.6 Å². The van der Waals surface area contributed by atoms with Crippen LogP contribution in [0.15, 0.2) is 12.2 Å². The number of hydrogen-bond donors (Lipinski definition) is 0. The average molecular weight is 292 g/mol. The predicted octanol–water partition coefficient (Wildman–Crippen LogP) is -0.133. The van der Waals surface area contributed by atoms with Crippen LogP contribution < -0.4 is 0 Å². The van der Waals surface area contributed by atoms with Gasteiger partial charge in [0, 0.05) is 28.4 Å². The molecule has 0 radical (unpaired) electrons. The highest BCUT2D eigenvalue weighted by Gasteiger charge is 2.21. The lowest BCUT2D eigenvalue weighted by Crippen LogP contribution is -2.27. The Kier molecular flexibility index (Phi) is 9.56. The van der Waals surface area contributed by atoms with Crippen LogP contribution in [0.3, 0.4) is 0 Å². The molecule has 0 bridgehead atoms. The molecule has 0 atom stereocenters. The lowest BCUT2D eigenvalue weighted by molar-refractivity contribution is -0.170. The van der Waals surface area contributed by atoms with Crippen molar-refractivity contribution in [2.24, 2.45) is 0 Å². The topological polar surface area (TPSA) is 89.5 Å². The fourth-order valence-corrected chi connectivity index (χ4v) is 1.01. The zero-order valence-corrected chi connectivity index (χ0v) is 12.0. The number of methoxy groups -OCH3 is 4. The molecule has 0 aliphatic carbocycles. The number of ether oxygens (including phenoxy) is 6. The highest BCUT2D eigenvalue weighted by atomic mass is 16.7. The van der Waals surface area contributed by atoms with E-state index in [-0.39, 0.29) is 13.2 Å². The molecule has 0 aromatic heterocycles. The van der Waals surface area contributed by atoms with E-state index >= 15 is 0 Å². The molecular weight excluding hydrogens is 272 g/mol. The zero-order chi connectivity index (χ0) is 15.5. The van der Waals surface area contributed by atoms with E-state index in [4.69, 9.17) is 28.4 Å². The van der Waals surface area contributed by atoms with Gasteiger partial charge in [0.25, 0.3) is 0 Å². The fraction of sp³-hybridized carbons (Fsp3) is 0.667. The molecule has 0 N–H and O–H groups in total. The van der Waals surface area contributed by atoms with Gasteiger partial charge >= 0.3 is 11.9 Å². The lowest BCUT2D eigenvalue weighted by atomic mass is 10.3. The molecule has 0 unspecified atom stereocenters. The van der Waals surface area contributed by atoms with E-state index in [0.717, 1.165) is 0 Å². The second-order valence-electron chi connectivity index (χ2n) is 3.48. The number of carbonyl (C=O) groups is 2. The van der Waals surface area contributed by atoms with Crippen LogP contribution in [0, 0.1) is 0 Å². The van der Waals surface area contributed by atoms with E-state index < -0.39 is 30.1 Å². The number of hydrogen-bond acceptors (Lipinski definition) is 8. The molecule has 0 saturated carbocycles. The largest absolute Gasteiger partial charge is 0.457 e. The third-order valence-corrected chi connectivity index (χ3v) is 2.25. The van der Waals surface area contributed by atoms with E-state index in [2.05, 4.69) is 6.58 Å². The minimum atomic E-state index is -0.916. The minimum absolute atomic E-state index is 0.170. The monoisotopic (exact) mass is 292 g/mol. The summed E-state index contributed by atoms with van der Waals surface area (Å²) in [7, 11) is 5.56. The molecule has 0 spiro atoms. The number of carbonyl (C=O) groups excluding carboxylic acids is 2. The van der Waals surface area contributed by atoms with Gasteiger partial charge in [-0.1, -0.05) is 6.58 Å². The Morgan fingerprint density at radius 2 is 1.10 bits per heavy atom. The maximum atomic E-state index is 11.5. The SMILES string of the molecule is C=C(C(=O)OCC(OC)OC)C(=O)OCC(OC)OC. The summed E-state index contributed by atoms with van der Waals surface area (Å²) in [5.74, 6) is -1.83. The molecule has 20 heavy (non-hydrogen) atoms. The lowest BCUT2D eigenvalue weighted by Gasteiger charge is -2.15. The predicted molar refractivity (Wildman–Crippen MR) is 66.7 cm³/mol. The van der Waals surface area contributed by atoms with Crippen LogP contribution in [0.5, 0.6) is 0 Å². The Bertz CT molecular complexity index is 289. The quantitative estimate of drug-likeness (QED) is 0.181. The van der Waals surface area contributed by atoms with Crippen LogP contribution in [0.1, 0.15) is 0 Å². The summed E-state index contributed by atoms with van der Waals surface area (Å²) in [6.07, 6.45) is -1.43. The van der Waals surface area contributed by atoms with Crippen molar-refractivity contribution < 1.29 is 38.0 Å². The molecular formula is C12H20O8. The minimum Gasteiger partial charge on any atom is -0.457 e. The van der Waals surface area contributed by atoms with Gasteiger partial charge in [-0.15, -0.1) is 0 Å². The van der Waals surface area contributed by atoms with Crippen LogP contribution >= 0.6 is 0 Å². The Morgan fingerprint density at radius 1 is 0.800 bits per heavy atom. The molecule has 0 fully saturated rings. The first-order valence-corrected chi connectivity index (χ1v) is 5.64. The summed E-state index contributed by atoms with van der Waals surface area (Å²) in [5.41, 5.74) is -0.443. The summed E-state index contributed by atoms with van der Waals surface area (Å²) in [6.45, 7) is 2.96. The second kappa shape index (κ2) is 10.3. The van der Waals surface area contributed by atoms with E-state index in [1.54, 1.807) is 0 Å². The molecule has 0 aromatic carbocycles. The molecule has 8 nitrogen and oxygen atoms in total. The summed E-state index contributed by atoms with van der Waals surface area (Å²) in [4.78, 5) is 23.0. The first kappa shape index (κ1) is 18.5. The maximum Gasteiger partial charge on any atom is 0.345 e. The summed E-state index contributed by atoms with van der Waals surface area (Å²) in [5, 5.41) is 0. The van der Waals surface area contributed by atoms with Gasteiger partial charge in [-0.3, -0.25) is 0 Å². The first-order valence-electron chi connectivity index (χ1n) is 5.64. The molecule has 8 heteroatoms. The van der Waals surface area contributed by atoms with Crippen LogP contribution in [0.25, 0.3) is 0 Å². The fourth-order valence-electron chi connectivity index (χ4n) is 1.01. The number of esters is 2. The van der Waals surface area contributed by atoms with Gasteiger partial charge in [0.2, 0.25) is 0 Å². The summed E-state index contributed by atoms with van der Waals surface area (Å²) >= 11 is 0. The highest BCUT2D eigenvalue weighted by molar-refractivity contribution is 6.13. The van der Waals surface area contributed by atoms with Gasteiger partial charge in [-0.05, 0) is 0 Å². The molecule has 0 aromatic rings. The van der Waals surface area contributed by atoms with E-state index in [1.807, 2.05) is 0 Å². The van der Waals surface area contributed by atoms with E-state index in [0.29, 0.717) is 0 Å². The van der Waals surface area contributed by atoms with Crippen LogP contribution in [0.4, 0.5) is 0 Å². The van der Waals surface area contributed by atoms with Gasteiger partial charge < -0.3 is 28.4 Å². The van der Waals surface area contributed by atoms with Crippen LogP contribution in [-0.2, 0) is 38.0 Å². The Labute approximate surface area is 117 Å². The zero-order valence-electron chi connectivity index (χ0n) is 12.0. The van der Waals surface area contributed by atoms with Crippen molar-refractivity contribution in [3.05, 3.63) is 12.2 Å². The first-order chi connectivity index (χ1) is 9.49. The smallest absolute Gasteiger partial charge is 0.345 e. The third kappa shape index (κ3) is 6.62.